The molecule has 0 saturated carbocycles. The second-order valence-electron chi connectivity index (χ2n) is 4.48. The lowest BCUT2D eigenvalue weighted by molar-refractivity contribution is -0.385. The second kappa shape index (κ2) is 5.57. The molecule has 2 N–H and O–H groups in total. The molecule has 3 rings (SSSR count). The molecule has 0 spiro atoms. The van der Waals surface area contributed by atoms with Crippen molar-refractivity contribution >= 4 is 44.5 Å². The molecule has 7 nitrogen and oxygen atoms in total. The lowest BCUT2D eigenvalue weighted by Crippen LogP contribution is -2.13. The van der Waals surface area contributed by atoms with Gasteiger partial charge >= 0.3 is 0 Å². The minimum Gasteiger partial charge on any atom is -0.324 e. The third kappa shape index (κ3) is 2.68. The van der Waals surface area contributed by atoms with Gasteiger partial charge in [0.25, 0.3) is 11.6 Å². The highest BCUT2D eigenvalue weighted by atomic mass is 79.9. The van der Waals surface area contributed by atoms with Crippen molar-refractivity contribution < 1.29 is 9.72 Å². The lowest BCUT2D eigenvalue weighted by atomic mass is 10.2. The first-order chi connectivity index (χ1) is 10.5. The Morgan fingerprint density at radius 2 is 2.05 bits per heavy atom. The average molecular weight is 361 g/mol. The van der Waals surface area contributed by atoms with Crippen LogP contribution in [0.3, 0.4) is 0 Å². The van der Waals surface area contributed by atoms with E-state index in [1.807, 2.05) is 24.3 Å². The number of hydrogen-bond acceptors (Lipinski definition) is 4. The summed E-state index contributed by atoms with van der Waals surface area (Å²) in [7, 11) is 0. The number of carbonyl (C=O) groups is 1. The van der Waals surface area contributed by atoms with Gasteiger partial charge in [-0.15, -0.1) is 0 Å². The first-order valence-electron chi connectivity index (χ1n) is 6.24. The molecule has 1 heterocycles. The van der Waals surface area contributed by atoms with E-state index in [9.17, 15) is 14.9 Å². The zero-order valence-electron chi connectivity index (χ0n) is 11.0. The summed E-state index contributed by atoms with van der Waals surface area (Å²) < 4.78 is 0.317. The smallest absolute Gasteiger partial charge is 0.284 e. The van der Waals surface area contributed by atoms with Crippen molar-refractivity contribution in [3.05, 3.63) is 62.6 Å². The van der Waals surface area contributed by atoms with E-state index in [1.165, 1.54) is 18.2 Å². The number of nitro benzene ring substituents is 1. The Labute approximate surface area is 132 Å². The van der Waals surface area contributed by atoms with E-state index in [0.717, 1.165) is 11.0 Å². The maximum absolute atomic E-state index is 12.2. The van der Waals surface area contributed by atoms with Gasteiger partial charge < -0.3 is 4.98 Å². The van der Waals surface area contributed by atoms with Gasteiger partial charge in [-0.25, -0.2) is 4.98 Å². The number of fused-ring (bicyclic) bond motifs is 1. The van der Waals surface area contributed by atoms with Crippen LogP contribution in [-0.4, -0.2) is 20.8 Å². The van der Waals surface area contributed by atoms with Crippen LogP contribution in [0.5, 0.6) is 0 Å². The maximum Gasteiger partial charge on any atom is 0.284 e. The third-order valence-corrected chi connectivity index (χ3v) is 3.70. The lowest BCUT2D eigenvalue weighted by Gasteiger charge is -2.02. The van der Waals surface area contributed by atoms with Crippen molar-refractivity contribution in [2.45, 2.75) is 0 Å². The van der Waals surface area contributed by atoms with Crippen LogP contribution in [0, 0.1) is 10.1 Å². The van der Waals surface area contributed by atoms with Gasteiger partial charge in [0.15, 0.2) is 0 Å². The molecule has 22 heavy (non-hydrogen) atoms. The fourth-order valence-electron chi connectivity index (χ4n) is 1.99. The van der Waals surface area contributed by atoms with Crippen molar-refractivity contribution in [3.8, 4) is 0 Å². The summed E-state index contributed by atoms with van der Waals surface area (Å²) in [5, 5.41) is 13.5. The molecule has 3 aromatic rings. The summed E-state index contributed by atoms with van der Waals surface area (Å²) in [4.78, 5) is 29.7. The van der Waals surface area contributed by atoms with Crippen LogP contribution in [0.25, 0.3) is 11.0 Å². The quantitative estimate of drug-likeness (QED) is 0.551. The predicted octanol–water partition coefficient (Wildman–Crippen LogP) is 3.49. The van der Waals surface area contributed by atoms with E-state index in [-0.39, 0.29) is 17.2 Å². The first-order valence-corrected chi connectivity index (χ1v) is 7.04. The number of aromatic nitrogens is 2. The summed E-state index contributed by atoms with van der Waals surface area (Å²) in [5.74, 6) is -0.188. The predicted molar refractivity (Wildman–Crippen MR) is 84.8 cm³/mol. The van der Waals surface area contributed by atoms with Gasteiger partial charge in [0.05, 0.1) is 20.4 Å². The molecule has 0 radical (unpaired) electrons. The van der Waals surface area contributed by atoms with Crippen LogP contribution in [0.4, 0.5) is 11.6 Å². The molecule has 0 unspecified atom stereocenters. The fraction of sp³-hybridized carbons (Fsp3) is 0. The van der Waals surface area contributed by atoms with Crippen LogP contribution in [0.15, 0.2) is 46.9 Å². The number of carbonyl (C=O) groups excluding carboxylic acids is 1. The molecule has 0 aliphatic heterocycles. The van der Waals surface area contributed by atoms with Crippen molar-refractivity contribution in [1.82, 2.24) is 9.97 Å². The van der Waals surface area contributed by atoms with Crippen LogP contribution in [-0.2, 0) is 0 Å². The second-order valence-corrected chi connectivity index (χ2v) is 5.33. The minimum absolute atomic E-state index is 0.169. The van der Waals surface area contributed by atoms with E-state index in [0.29, 0.717) is 4.47 Å². The van der Waals surface area contributed by atoms with Crippen molar-refractivity contribution in [1.29, 1.82) is 0 Å². The number of imidazole rings is 1. The Balaban J connectivity index is 1.88. The Kier molecular flexibility index (Phi) is 3.60. The van der Waals surface area contributed by atoms with Gasteiger partial charge in [-0.2, -0.15) is 0 Å². The number of H-pyrrole nitrogens is 1. The topological polar surface area (TPSA) is 101 Å². The zero-order valence-corrected chi connectivity index (χ0v) is 12.6. The third-order valence-electron chi connectivity index (χ3n) is 3.03. The Morgan fingerprint density at radius 1 is 1.27 bits per heavy atom. The highest BCUT2D eigenvalue weighted by Gasteiger charge is 2.16. The van der Waals surface area contributed by atoms with Gasteiger partial charge in [-0.05, 0) is 40.2 Å². The molecule has 0 atom stereocenters. The average Bonchev–Trinajstić information content (AvgIpc) is 2.89. The van der Waals surface area contributed by atoms with E-state index in [2.05, 4.69) is 31.2 Å². The number of halogens is 1. The summed E-state index contributed by atoms with van der Waals surface area (Å²) in [6, 6.07) is 11.5. The van der Waals surface area contributed by atoms with Gasteiger partial charge in [0.1, 0.15) is 0 Å². The Morgan fingerprint density at radius 3 is 2.77 bits per heavy atom. The number of para-hydroxylation sites is 2. The highest BCUT2D eigenvalue weighted by molar-refractivity contribution is 9.10. The summed E-state index contributed by atoms with van der Waals surface area (Å²) >= 11 is 3.08. The normalized spacial score (nSPS) is 10.6. The molecule has 2 aromatic carbocycles. The SMILES string of the molecule is O=C(Nc1nc2ccccc2[nH]1)c1ccc(Br)c([N+](=O)[O-])c1. The number of nitrogens with zero attached hydrogens (tertiary/aromatic N) is 2. The minimum atomic E-state index is -0.554. The van der Waals surface area contributed by atoms with Crippen LogP contribution in [0.1, 0.15) is 10.4 Å². The van der Waals surface area contributed by atoms with Gasteiger partial charge in [-0.3, -0.25) is 20.2 Å². The molecule has 0 saturated heterocycles. The molecule has 0 bridgehead atoms. The number of hydrogen-bond donors (Lipinski definition) is 2. The first kappa shape index (κ1) is 14.2. The van der Waals surface area contributed by atoms with Crippen molar-refractivity contribution in [2.24, 2.45) is 0 Å². The summed E-state index contributed by atoms with van der Waals surface area (Å²) in [6.45, 7) is 0. The van der Waals surface area contributed by atoms with Crippen LogP contribution >= 0.6 is 15.9 Å². The Hall–Kier alpha value is -2.74. The number of benzene rings is 2. The molecule has 1 aromatic heterocycles. The number of aromatic amines is 1. The number of nitrogens with one attached hydrogen (secondary N) is 2. The number of amides is 1. The van der Waals surface area contributed by atoms with Crippen LogP contribution < -0.4 is 5.32 Å². The number of rotatable bonds is 3. The molecule has 0 aliphatic rings. The maximum atomic E-state index is 12.2. The number of anilines is 1. The monoisotopic (exact) mass is 360 g/mol. The highest BCUT2D eigenvalue weighted by Crippen LogP contribution is 2.26. The Bertz CT molecular complexity index is 858. The van der Waals surface area contributed by atoms with E-state index in [4.69, 9.17) is 0 Å². The molecule has 0 aliphatic carbocycles. The molecule has 1 amide bonds. The van der Waals surface area contributed by atoms with Crippen LogP contribution in [0.2, 0.25) is 0 Å². The molecular weight excluding hydrogens is 352 g/mol. The van der Waals surface area contributed by atoms with Gasteiger partial charge in [-0.1, -0.05) is 12.1 Å². The molecule has 8 heteroatoms. The molecule has 0 fully saturated rings. The van der Waals surface area contributed by atoms with Gasteiger partial charge in [0, 0.05) is 11.6 Å². The van der Waals surface area contributed by atoms with E-state index < -0.39 is 10.8 Å². The summed E-state index contributed by atoms with van der Waals surface area (Å²) in [5.41, 5.74) is 1.52. The zero-order chi connectivity index (χ0) is 15.7. The van der Waals surface area contributed by atoms with E-state index in [1.54, 1.807) is 0 Å². The number of nitro groups is 1. The largest absolute Gasteiger partial charge is 0.324 e. The van der Waals surface area contributed by atoms with E-state index >= 15 is 0 Å². The standard InChI is InChI=1S/C14H9BrN4O3/c15-9-6-5-8(7-12(9)19(21)22)13(20)18-14-16-10-3-1-2-4-11(10)17-14/h1-7H,(H2,16,17,18,20). The molecular formula is C14H9BrN4O3. The van der Waals surface area contributed by atoms with Crippen molar-refractivity contribution in [3.63, 3.8) is 0 Å². The fourth-order valence-corrected chi connectivity index (χ4v) is 2.38. The molecule has 110 valence electrons. The van der Waals surface area contributed by atoms with Crippen molar-refractivity contribution in [2.75, 3.05) is 5.32 Å². The summed E-state index contributed by atoms with van der Waals surface area (Å²) in [6.07, 6.45) is 0. The van der Waals surface area contributed by atoms with Gasteiger partial charge in [0.2, 0.25) is 5.95 Å².